The normalized spacial score (nSPS) is 23.4. The summed E-state index contributed by atoms with van der Waals surface area (Å²) in [5.74, 6) is 0.597. The average Bonchev–Trinajstić information content (AvgIpc) is 2.99. The summed E-state index contributed by atoms with van der Waals surface area (Å²) in [6, 6.07) is 4.12. The van der Waals surface area contributed by atoms with Crippen molar-refractivity contribution in [3.63, 3.8) is 0 Å². The molecule has 3 aromatic heterocycles. The lowest BCUT2D eigenvalue weighted by molar-refractivity contribution is -0.345. The zero-order valence-corrected chi connectivity index (χ0v) is 13.0. The van der Waals surface area contributed by atoms with E-state index in [2.05, 4.69) is 33.4 Å². The fourth-order valence-electron chi connectivity index (χ4n) is 3.67. The van der Waals surface area contributed by atoms with Gasteiger partial charge in [-0.1, -0.05) is 6.92 Å². The number of H-pyrrole nitrogens is 2. The van der Waals surface area contributed by atoms with E-state index in [1.54, 1.807) is 6.07 Å². The van der Waals surface area contributed by atoms with Gasteiger partial charge in [0.2, 0.25) is 0 Å². The lowest BCUT2D eigenvalue weighted by Crippen LogP contribution is -2.38. The first-order valence-electron chi connectivity index (χ1n) is 7.86. The van der Waals surface area contributed by atoms with Crippen molar-refractivity contribution in [3.8, 4) is 0 Å². The number of pyridine rings is 2. The highest BCUT2D eigenvalue weighted by atomic mass is 16.1. The Balaban J connectivity index is 2.03. The lowest BCUT2D eigenvalue weighted by atomic mass is 9.93. The van der Waals surface area contributed by atoms with Crippen LogP contribution in [0.4, 0.5) is 0 Å². The number of aromatic amines is 2. The van der Waals surface area contributed by atoms with Crippen molar-refractivity contribution in [2.75, 3.05) is 20.1 Å². The van der Waals surface area contributed by atoms with Gasteiger partial charge >= 0.3 is 0 Å². The standard InChI is InChI=1S/C17H20N4O/c1-11-4-7-20(2)10-14(11)21-8-5-15(22)13-9-19-17-12(16(13)21)3-6-18-17/h3,5-6,8-9,11,14H,4,7,10H2,1-2H3,(H,18,19)/p+1/t11-,14+/m1/s1. The molecule has 2 atom stereocenters. The third-order valence-corrected chi connectivity index (χ3v) is 5.01. The van der Waals surface area contributed by atoms with E-state index in [4.69, 9.17) is 0 Å². The predicted octanol–water partition coefficient (Wildman–Crippen LogP) is 1.81. The van der Waals surface area contributed by atoms with Gasteiger partial charge in [-0.3, -0.25) is 4.79 Å². The third kappa shape index (κ3) is 1.96. The predicted molar refractivity (Wildman–Crippen MR) is 86.9 cm³/mol. The summed E-state index contributed by atoms with van der Waals surface area (Å²) in [5.41, 5.74) is 2.07. The Labute approximate surface area is 128 Å². The third-order valence-electron chi connectivity index (χ3n) is 5.01. The highest BCUT2D eigenvalue weighted by Gasteiger charge is 2.27. The van der Waals surface area contributed by atoms with Crippen LogP contribution in [0.3, 0.4) is 0 Å². The zero-order chi connectivity index (χ0) is 15.3. The summed E-state index contributed by atoms with van der Waals surface area (Å²) in [4.78, 5) is 21.0. The Bertz CT molecular complexity index is 894. The Morgan fingerprint density at radius 3 is 3.05 bits per heavy atom. The Hall–Kier alpha value is -2.14. The van der Waals surface area contributed by atoms with Gasteiger partial charge < -0.3 is 9.47 Å². The molecule has 1 fully saturated rings. The second-order valence-corrected chi connectivity index (χ2v) is 6.50. The number of hydrogen-bond acceptors (Lipinski definition) is 2. The number of nitrogens with zero attached hydrogens (tertiary/aromatic N) is 2. The van der Waals surface area contributed by atoms with E-state index in [-0.39, 0.29) is 5.43 Å². The highest BCUT2D eigenvalue weighted by Crippen LogP contribution is 2.30. The van der Waals surface area contributed by atoms with Crippen LogP contribution in [0.15, 0.2) is 35.5 Å². The number of rotatable bonds is 1. The summed E-state index contributed by atoms with van der Waals surface area (Å²) < 4.78 is 2.31. The summed E-state index contributed by atoms with van der Waals surface area (Å²) >= 11 is 0. The van der Waals surface area contributed by atoms with E-state index in [1.807, 2.05) is 24.7 Å². The molecule has 1 aliphatic rings. The molecule has 2 N–H and O–H groups in total. The second-order valence-electron chi connectivity index (χ2n) is 6.50. The van der Waals surface area contributed by atoms with Crippen molar-refractivity contribution in [2.45, 2.75) is 19.4 Å². The van der Waals surface area contributed by atoms with Gasteiger partial charge in [0.25, 0.3) is 5.65 Å². The maximum atomic E-state index is 12.3. The molecule has 22 heavy (non-hydrogen) atoms. The summed E-state index contributed by atoms with van der Waals surface area (Å²) in [6.45, 7) is 4.47. The molecule has 0 aliphatic carbocycles. The molecule has 114 valence electrons. The van der Waals surface area contributed by atoms with Crippen molar-refractivity contribution >= 4 is 21.9 Å². The maximum absolute atomic E-state index is 12.3. The van der Waals surface area contributed by atoms with E-state index >= 15 is 0 Å². The van der Waals surface area contributed by atoms with E-state index in [9.17, 15) is 4.79 Å². The van der Waals surface area contributed by atoms with Gasteiger partial charge in [0.05, 0.1) is 22.5 Å². The minimum Gasteiger partial charge on any atom is -0.342 e. The Morgan fingerprint density at radius 2 is 2.18 bits per heavy atom. The quantitative estimate of drug-likeness (QED) is 0.745. The van der Waals surface area contributed by atoms with Gasteiger partial charge in [0.1, 0.15) is 6.20 Å². The highest BCUT2D eigenvalue weighted by molar-refractivity contribution is 6.00. The molecule has 0 amide bonds. The smallest absolute Gasteiger partial charge is 0.286 e. The van der Waals surface area contributed by atoms with Crippen molar-refractivity contribution in [3.05, 3.63) is 40.9 Å². The van der Waals surface area contributed by atoms with Crippen LogP contribution in [-0.4, -0.2) is 34.6 Å². The number of piperidine rings is 1. The number of aromatic nitrogens is 3. The van der Waals surface area contributed by atoms with Crippen LogP contribution in [0.5, 0.6) is 0 Å². The molecule has 5 heteroatoms. The van der Waals surface area contributed by atoms with Crippen LogP contribution >= 0.6 is 0 Å². The first-order valence-corrected chi connectivity index (χ1v) is 7.86. The average molecular weight is 297 g/mol. The molecular formula is C17H21N4O+. The summed E-state index contributed by atoms with van der Waals surface area (Å²) in [7, 11) is 2.17. The molecule has 4 rings (SSSR count). The number of likely N-dealkylation sites (tertiary alicyclic amines) is 1. The number of fused-ring (bicyclic) bond motifs is 3. The molecule has 0 radical (unpaired) electrons. The minimum absolute atomic E-state index is 0.0717. The van der Waals surface area contributed by atoms with Crippen LogP contribution in [0.2, 0.25) is 0 Å². The van der Waals surface area contributed by atoms with E-state index < -0.39 is 0 Å². The summed E-state index contributed by atoms with van der Waals surface area (Å²) in [5, 5.41) is 1.84. The molecule has 0 aromatic carbocycles. The summed E-state index contributed by atoms with van der Waals surface area (Å²) in [6.07, 6.45) is 6.89. The van der Waals surface area contributed by atoms with Crippen molar-refractivity contribution < 1.29 is 4.98 Å². The molecule has 5 nitrogen and oxygen atoms in total. The Kier molecular flexibility index (Phi) is 3.04. The minimum atomic E-state index is 0.0717. The van der Waals surface area contributed by atoms with Crippen LogP contribution in [-0.2, 0) is 0 Å². The monoisotopic (exact) mass is 297 g/mol. The molecule has 0 unspecified atom stereocenters. The van der Waals surface area contributed by atoms with Gasteiger partial charge in [0.15, 0.2) is 5.43 Å². The van der Waals surface area contributed by atoms with Gasteiger partial charge in [-0.15, -0.1) is 0 Å². The van der Waals surface area contributed by atoms with Crippen LogP contribution in [0.25, 0.3) is 21.9 Å². The van der Waals surface area contributed by atoms with Crippen LogP contribution in [0, 0.1) is 5.92 Å². The van der Waals surface area contributed by atoms with E-state index in [0.29, 0.717) is 12.0 Å². The number of likely N-dealkylation sites (N-methyl/N-ethyl adjacent to an activating group) is 1. The van der Waals surface area contributed by atoms with Crippen molar-refractivity contribution in [1.29, 1.82) is 0 Å². The first kappa shape index (κ1) is 13.5. The van der Waals surface area contributed by atoms with Crippen molar-refractivity contribution in [2.24, 2.45) is 5.92 Å². The fourth-order valence-corrected chi connectivity index (χ4v) is 3.67. The fraction of sp³-hybridized carbons (Fsp3) is 0.412. The molecule has 1 saturated heterocycles. The van der Waals surface area contributed by atoms with Crippen molar-refractivity contribution in [1.82, 2.24) is 14.5 Å². The maximum Gasteiger partial charge on any atom is 0.286 e. The van der Waals surface area contributed by atoms with Crippen LogP contribution in [0.1, 0.15) is 19.4 Å². The molecule has 0 bridgehead atoms. The lowest BCUT2D eigenvalue weighted by Gasteiger charge is -2.37. The Morgan fingerprint density at radius 1 is 1.32 bits per heavy atom. The second kappa shape index (κ2) is 4.95. The first-order chi connectivity index (χ1) is 10.6. The van der Waals surface area contributed by atoms with Gasteiger partial charge in [0, 0.05) is 24.8 Å². The largest absolute Gasteiger partial charge is 0.342 e. The van der Waals surface area contributed by atoms with E-state index in [1.165, 1.54) is 6.42 Å². The number of hydrogen-bond donors (Lipinski definition) is 1. The molecule has 4 heterocycles. The molecule has 1 aliphatic heterocycles. The number of nitrogens with one attached hydrogen (secondary N) is 2. The topological polar surface area (TPSA) is 55.2 Å². The van der Waals surface area contributed by atoms with Crippen LogP contribution < -0.4 is 10.4 Å². The van der Waals surface area contributed by atoms with Gasteiger partial charge in [-0.05, 0) is 32.0 Å². The van der Waals surface area contributed by atoms with Gasteiger partial charge in [-0.2, -0.15) is 0 Å². The molecule has 3 aromatic rings. The molecular weight excluding hydrogens is 276 g/mol. The molecule has 0 spiro atoms. The van der Waals surface area contributed by atoms with E-state index in [0.717, 1.165) is 35.0 Å². The zero-order valence-electron chi connectivity index (χ0n) is 13.0. The van der Waals surface area contributed by atoms with Gasteiger partial charge in [-0.25, -0.2) is 9.97 Å². The molecule has 0 saturated carbocycles. The SMILES string of the molecule is C[C@@H]1CCN(C)C[C@@H]1n1ccc(=O)c2c[nH+]c3[nH]ccc3c21.